The van der Waals surface area contributed by atoms with Crippen LogP contribution < -0.4 is 5.73 Å². The molecule has 2 saturated heterocycles. The minimum absolute atomic E-state index is 0.0838. The van der Waals surface area contributed by atoms with Crippen LogP contribution in [0.1, 0.15) is 44.9 Å². The predicted molar refractivity (Wildman–Crippen MR) is 71.8 cm³/mol. The van der Waals surface area contributed by atoms with Gasteiger partial charge in [0.1, 0.15) is 5.78 Å². The summed E-state index contributed by atoms with van der Waals surface area (Å²) in [4.78, 5) is 12.7. The van der Waals surface area contributed by atoms with Crippen molar-refractivity contribution in [3.05, 3.63) is 0 Å². The molecular weight excluding hydrogens is 242 g/mol. The summed E-state index contributed by atoms with van der Waals surface area (Å²) in [5.41, 5.74) is 6.00. The van der Waals surface area contributed by atoms with Crippen LogP contribution in [0.4, 0.5) is 0 Å². The maximum atomic E-state index is 12.7. The zero-order valence-corrected chi connectivity index (χ0v) is 11.6. The van der Waals surface area contributed by atoms with Crippen LogP contribution in [-0.4, -0.2) is 37.2 Å². The van der Waals surface area contributed by atoms with Gasteiger partial charge in [-0.2, -0.15) is 0 Å². The summed E-state index contributed by atoms with van der Waals surface area (Å²) >= 11 is 0. The molecule has 3 unspecified atom stereocenters. The van der Waals surface area contributed by atoms with Crippen molar-refractivity contribution < 1.29 is 14.3 Å². The molecule has 0 aromatic carbocycles. The number of ketones is 1. The highest BCUT2D eigenvalue weighted by molar-refractivity contribution is 5.84. The van der Waals surface area contributed by atoms with E-state index < -0.39 is 0 Å². The molecule has 3 aliphatic rings. The molecule has 1 saturated carbocycles. The van der Waals surface area contributed by atoms with Crippen LogP contribution in [0.2, 0.25) is 0 Å². The van der Waals surface area contributed by atoms with Crippen LogP contribution in [0.25, 0.3) is 0 Å². The van der Waals surface area contributed by atoms with Crippen molar-refractivity contribution in [2.24, 2.45) is 17.6 Å². The average molecular weight is 267 g/mol. The van der Waals surface area contributed by atoms with E-state index in [4.69, 9.17) is 15.2 Å². The molecule has 2 heterocycles. The molecule has 0 amide bonds. The van der Waals surface area contributed by atoms with E-state index in [1.807, 2.05) is 0 Å². The van der Waals surface area contributed by atoms with Crippen molar-refractivity contribution >= 4 is 5.78 Å². The number of hydrogen-bond acceptors (Lipinski definition) is 4. The van der Waals surface area contributed by atoms with E-state index in [-0.39, 0.29) is 23.5 Å². The second kappa shape index (κ2) is 5.51. The summed E-state index contributed by atoms with van der Waals surface area (Å²) in [6.45, 7) is 2.26. The molecular formula is C15H25NO3. The summed E-state index contributed by atoms with van der Waals surface area (Å²) in [6, 6.07) is 0.0981. The first kappa shape index (κ1) is 13.5. The van der Waals surface area contributed by atoms with Gasteiger partial charge in [0.05, 0.1) is 5.60 Å². The first-order valence-corrected chi connectivity index (χ1v) is 7.71. The van der Waals surface area contributed by atoms with E-state index in [0.717, 1.165) is 64.8 Å². The van der Waals surface area contributed by atoms with Crippen LogP contribution in [0.5, 0.6) is 0 Å². The normalized spacial score (nSPS) is 38.5. The van der Waals surface area contributed by atoms with E-state index in [1.54, 1.807) is 0 Å². The van der Waals surface area contributed by atoms with Gasteiger partial charge >= 0.3 is 0 Å². The third kappa shape index (κ3) is 2.71. The lowest BCUT2D eigenvalue weighted by Crippen LogP contribution is -2.47. The fraction of sp³-hybridized carbons (Fsp3) is 0.933. The molecule has 19 heavy (non-hydrogen) atoms. The molecule has 0 bridgehead atoms. The molecule has 3 fully saturated rings. The number of rotatable bonds is 2. The van der Waals surface area contributed by atoms with Crippen LogP contribution >= 0.6 is 0 Å². The molecule has 0 aromatic heterocycles. The van der Waals surface area contributed by atoms with Crippen molar-refractivity contribution in [3.63, 3.8) is 0 Å². The lowest BCUT2D eigenvalue weighted by Gasteiger charge is -2.43. The lowest BCUT2D eigenvalue weighted by atomic mass is 9.76. The number of hydrogen-bond donors (Lipinski definition) is 1. The first-order valence-electron chi connectivity index (χ1n) is 7.71. The third-order valence-corrected chi connectivity index (χ3v) is 5.23. The lowest BCUT2D eigenvalue weighted by molar-refractivity contribution is -0.159. The second-order valence-corrected chi connectivity index (χ2v) is 6.44. The van der Waals surface area contributed by atoms with Gasteiger partial charge in [0.2, 0.25) is 0 Å². The summed E-state index contributed by atoms with van der Waals surface area (Å²) in [5.74, 6) is 0.695. The van der Waals surface area contributed by atoms with Gasteiger partial charge in [-0.05, 0) is 38.5 Å². The largest absolute Gasteiger partial charge is 0.381 e. The van der Waals surface area contributed by atoms with E-state index in [2.05, 4.69) is 0 Å². The zero-order chi connectivity index (χ0) is 13.3. The van der Waals surface area contributed by atoms with Gasteiger partial charge in [0.25, 0.3) is 0 Å². The SMILES string of the molecule is NC1CCCC1C(=O)C1CCOC2(CCOCC2)C1. The maximum absolute atomic E-state index is 12.7. The molecule has 4 heteroatoms. The number of nitrogens with two attached hydrogens (primary N) is 1. The molecule has 3 atom stereocenters. The van der Waals surface area contributed by atoms with E-state index in [0.29, 0.717) is 5.78 Å². The highest BCUT2D eigenvalue weighted by Gasteiger charge is 2.43. The van der Waals surface area contributed by atoms with Crippen LogP contribution in [0.3, 0.4) is 0 Å². The Morgan fingerprint density at radius 2 is 1.89 bits per heavy atom. The zero-order valence-electron chi connectivity index (χ0n) is 11.6. The van der Waals surface area contributed by atoms with E-state index in [1.165, 1.54) is 0 Å². The molecule has 2 N–H and O–H groups in total. The molecule has 1 spiro atoms. The molecule has 108 valence electrons. The van der Waals surface area contributed by atoms with Crippen molar-refractivity contribution in [1.29, 1.82) is 0 Å². The van der Waals surface area contributed by atoms with Crippen molar-refractivity contribution in [1.82, 2.24) is 0 Å². The van der Waals surface area contributed by atoms with Crippen LogP contribution in [0, 0.1) is 11.8 Å². The Morgan fingerprint density at radius 1 is 1.11 bits per heavy atom. The van der Waals surface area contributed by atoms with Crippen LogP contribution in [-0.2, 0) is 14.3 Å². The monoisotopic (exact) mass is 267 g/mol. The Kier molecular flexibility index (Phi) is 3.92. The molecule has 1 aliphatic carbocycles. The Morgan fingerprint density at radius 3 is 2.58 bits per heavy atom. The fourth-order valence-electron chi connectivity index (χ4n) is 4.01. The second-order valence-electron chi connectivity index (χ2n) is 6.44. The maximum Gasteiger partial charge on any atom is 0.140 e. The number of carbonyl (C=O) groups excluding carboxylic acids is 1. The number of Topliss-reactive ketones (excluding diaryl/α,β-unsaturated/α-hetero) is 1. The molecule has 3 rings (SSSR count). The first-order chi connectivity index (χ1) is 9.20. The highest BCUT2D eigenvalue weighted by atomic mass is 16.5. The van der Waals surface area contributed by atoms with E-state index >= 15 is 0 Å². The smallest absolute Gasteiger partial charge is 0.140 e. The van der Waals surface area contributed by atoms with Gasteiger partial charge in [-0.25, -0.2) is 0 Å². The summed E-state index contributed by atoms with van der Waals surface area (Å²) < 4.78 is 11.4. The molecule has 0 radical (unpaired) electrons. The Hall–Kier alpha value is -0.450. The Bertz CT molecular complexity index is 333. The van der Waals surface area contributed by atoms with Gasteiger partial charge in [0, 0.05) is 37.7 Å². The molecule has 0 aromatic rings. The molecule has 4 nitrogen and oxygen atoms in total. The van der Waals surface area contributed by atoms with Gasteiger partial charge in [-0.3, -0.25) is 4.79 Å². The molecule has 2 aliphatic heterocycles. The van der Waals surface area contributed by atoms with Gasteiger partial charge < -0.3 is 15.2 Å². The van der Waals surface area contributed by atoms with Gasteiger partial charge in [-0.1, -0.05) is 6.42 Å². The van der Waals surface area contributed by atoms with E-state index in [9.17, 15) is 4.79 Å². The standard InChI is InChI=1S/C15H25NO3/c16-13-3-1-2-12(13)14(17)11-4-7-19-15(10-11)5-8-18-9-6-15/h11-13H,1-10,16H2. The summed E-state index contributed by atoms with van der Waals surface area (Å²) in [6.07, 6.45) is 6.76. The van der Waals surface area contributed by atoms with Crippen molar-refractivity contribution in [3.8, 4) is 0 Å². The van der Waals surface area contributed by atoms with Crippen molar-refractivity contribution in [2.75, 3.05) is 19.8 Å². The van der Waals surface area contributed by atoms with Crippen molar-refractivity contribution in [2.45, 2.75) is 56.6 Å². The highest BCUT2D eigenvalue weighted by Crippen LogP contribution is 2.39. The topological polar surface area (TPSA) is 61.6 Å². The number of carbonyl (C=O) groups is 1. The third-order valence-electron chi connectivity index (χ3n) is 5.23. The summed E-state index contributed by atoms with van der Waals surface area (Å²) in [5, 5.41) is 0. The fourth-order valence-corrected chi connectivity index (χ4v) is 4.01. The predicted octanol–water partition coefficient (Wildman–Crippen LogP) is 1.66. The van der Waals surface area contributed by atoms with Crippen LogP contribution in [0.15, 0.2) is 0 Å². The number of ether oxygens (including phenoxy) is 2. The van der Waals surface area contributed by atoms with Gasteiger partial charge in [-0.15, -0.1) is 0 Å². The average Bonchev–Trinajstić information content (AvgIpc) is 2.85. The Labute approximate surface area is 115 Å². The minimum atomic E-state index is -0.0838. The van der Waals surface area contributed by atoms with Gasteiger partial charge in [0.15, 0.2) is 0 Å². The Balaban J connectivity index is 1.65. The minimum Gasteiger partial charge on any atom is -0.381 e. The quantitative estimate of drug-likeness (QED) is 0.826. The summed E-state index contributed by atoms with van der Waals surface area (Å²) in [7, 11) is 0.